The molecule has 27 heavy (non-hydrogen) atoms. The number of carbonyl (C=O) groups excluding carboxylic acids is 1. The van der Waals surface area contributed by atoms with E-state index in [-0.39, 0.29) is 18.2 Å². The van der Waals surface area contributed by atoms with Crippen LogP contribution >= 0.6 is 0 Å². The molecular weight excluding hydrogens is 348 g/mol. The van der Waals surface area contributed by atoms with Crippen molar-refractivity contribution in [3.05, 3.63) is 70.1 Å². The molecule has 1 fully saturated rings. The van der Waals surface area contributed by atoms with Gasteiger partial charge in [0.15, 0.2) is 5.82 Å². The Kier molecular flexibility index (Phi) is 4.80. The van der Waals surface area contributed by atoms with E-state index in [0.717, 1.165) is 18.4 Å². The molecule has 0 radical (unpaired) electrons. The van der Waals surface area contributed by atoms with Crippen LogP contribution in [0, 0.1) is 0 Å². The number of H-pyrrole nitrogens is 1. The summed E-state index contributed by atoms with van der Waals surface area (Å²) in [6.07, 6.45) is 1.63. The van der Waals surface area contributed by atoms with E-state index in [4.69, 9.17) is 9.26 Å². The molecule has 2 aromatic heterocycles. The molecule has 8 nitrogen and oxygen atoms in total. The Labute approximate surface area is 154 Å². The molecule has 0 aliphatic carbocycles. The predicted octanol–water partition coefficient (Wildman–Crippen LogP) is 2.21. The van der Waals surface area contributed by atoms with Gasteiger partial charge in [0, 0.05) is 12.3 Å². The third-order valence-electron chi connectivity index (χ3n) is 4.33. The number of hydrogen-bond donors (Lipinski definition) is 2. The van der Waals surface area contributed by atoms with E-state index < -0.39 is 11.5 Å². The van der Waals surface area contributed by atoms with Crippen LogP contribution in [0.25, 0.3) is 11.3 Å². The number of ether oxygens (including phenoxy) is 1. The fourth-order valence-electron chi connectivity index (χ4n) is 2.94. The number of carbonyl (C=O) groups is 1. The largest absolute Gasteiger partial charge is 0.368 e. The van der Waals surface area contributed by atoms with Crippen LogP contribution in [-0.2, 0) is 11.3 Å². The van der Waals surface area contributed by atoms with Gasteiger partial charge in [-0.3, -0.25) is 9.59 Å². The van der Waals surface area contributed by atoms with Crippen molar-refractivity contribution >= 4 is 5.91 Å². The van der Waals surface area contributed by atoms with E-state index in [1.54, 1.807) is 6.07 Å². The van der Waals surface area contributed by atoms with Gasteiger partial charge in [0.05, 0.1) is 6.54 Å². The minimum absolute atomic E-state index is 0.0255. The highest BCUT2D eigenvalue weighted by Crippen LogP contribution is 2.26. The lowest BCUT2D eigenvalue weighted by molar-refractivity contribution is 0.0835. The van der Waals surface area contributed by atoms with Gasteiger partial charge in [-0.2, -0.15) is 4.98 Å². The van der Waals surface area contributed by atoms with E-state index >= 15 is 0 Å². The highest BCUT2D eigenvalue weighted by molar-refractivity contribution is 5.93. The molecular formula is C19H18N4O4. The van der Waals surface area contributed by atoms with Crippen molar-refractivity contribution in [1.82, 2.24) is 20.4 Å². The van der Waals surface area contributed by atoms with Crippen LogP contribution in [0.1, 0.15) is 41.0 Å². The Morgan fingerprint density at radius 1 is 1.22 bits per heavy atom. The van der Waals surface area contributed by atoms with E-state index in [1.165, 1.54) is 6.07 Å². The summed E-state index contributed by atoms with van der Waals surface area (Å²) in [5.41, 5.74) is 1.09. The molecule has 1 aliphatic rings. The fourth-order valence-corrected chi connectivity index (χ4v) is 2.94. The molecule has 8 heteroatoms. The Morgan fingerprint density at radius 2 is 2.07 bits per heavy atom. The summed E-state index contributed by atoms with van der Waals surface area (Å²) in [7, 11) is 0. The zero-order chi connectivity index (χ0) is 18.6. The number of pyridine rings is 1. The van der Waals surface area contributed by atoms with Crippen LogP contribution in [0.5, 0.6) is 0 Å². The smallest absolute Gasteiger partial charge is 0.261 e. The second kappa shape index (κ2) is 7.55. The summed E-state index contributed by atoms with van der Waals surface area (Å²) in [6, 6.07) is 12.6. The van der Waals surface area contributed by atoms with Crippen LogP contribution in [0.2, 0.25) is 0 Å². The number of nitrogens with zero attached hydrogens (tertiary/aromatic N) is 2. The van der Waals surface area contributed by atoms with Gasteiger partial charge in [0.1, 0.15) is 11.7 Å². The molecule has 1 atom stereocenters. The molecule has 1 amide bonds. The Balaban J connectivity index is 1.42. The molecule has 1 aliphatic heterocycles. The maximum atomic E-state index is 12.3. The quantitative estimate of drug-likeness (QED) is 0.716. The number of aromatic amines is 1. The van der Waals surface area contributed by atoms with Crippen LogP contribution in [0.3, 0.4) is 0 Å². The third kappa shape index (κ3) is 3.80. The number of nitrogens with one attached hydrogen (secondary N) is 2. The number of amides is 1. The van der Waals surface area contributed by atoms with E-state index in [1.807, 2.05) is 30.3 Å². The van der Waals surface area contributed by atoms with Crippen LogP contribution in [0.4, 0.5) is 0 Å². The molecule has 1 aromatic carbocycles. The van der Waals surface area contributed by atoms with E-state index in [0.29, 0.717) is 24.0 Å². The first kappa shape index (κ1) is 17.2. The number of aromatic nitrogens is 3. The SMILES string of the molecule is O=C(NCc1noc(C2CCCO2)n1)c1ccc(-c2ccccc2)[nH]c1=O. The van der Waals surface area contributed by atoms with Gasteiger partial charge in [-0.15, -0.1) is 0 Å². The highest BCUT2D eigenvalue weighted by Gasteiger charge is 2.24. The third-order valence-corrected chi connectivity index (χ3v) is 4.33. The second-order valence-electron chi connectivity index (χ2n) is 6.21. The van der Waals surface area contributed by atoms with Crippen LogP contribution in [-0.4, -0.2) is 27.6 Å². The predicted molar refractivity (Wildman–Crippen MR) is 95.9 cm³/mol. The standard InChI is InChI=1S/C19H18N4O4/c24-17(20-11-16-22-19(27-23-16)15-7-4-10-26-15)13-8-9-14(21-18(13)25)12-5-2-1-3-6-12/h1-3,5-6,8-9,15H,4,7,10-11H2,(H,20,24)(H,21,25). The van der Waals surface area contributed by atoms with Crippen molar-refractivity contribution in [3.63, 3.8) is 0 Å². The topological polar surface area (TPSA) is 110 Å². The molecule has 2 N–H and O–H groups in total. The van der Waals surface area contributed by atoms with Crippen molar-refractivity contribution in [2.24, 2.45) is 0 Å². The van der Waals surface area contributed by atoms with E-state index in [9.17, 15) is 9.59 Å². The zero-order valence-corrected chi connectivity index (χ0v) is 14.5. The highest BCUT2D eigenvalue weighted by atomic mass is 16.5. The summed E-state index contributed by atoms with van der Waals surface area (Å²) in [6.45, 7) is 0.746. The summed E-state index contributed by atoms with van der Waals surface area (Å²) in [5.74, 6) is 0.257. The molecule has 0 saturated carbocycles. The van der Waals surface area contributed by atoms with Crippen molar-refractivity contribution in [1.29, 1.82) is 0 Å². The minimum atomic E-state index is -0.501. The number of benzene rings is 1. The number of hydrogen-bond acceptors (Lipinski definition) is 6. The first-order valence-corrected chi connectivity index (χ1v) is 8.72. The Hall–Kier alpha value is -3.26. The molecule has 138 valence electrons. The first-order valence-electron chi connectivity index (χ1n) is 8.72. The van der Waals surface area contributed by atoms with Gasteiger partial charge < -0.3 is 19.6 Å². The maximum absolute atomic E-state index is 12.3. The Morgan fingerprint density at radius 3 is 2.81 bits per heavy atom. The van der Waals surface area contributed by atoms with Crippen molar-refractivity contribution in [2.45, 2.75) is 25.5 Å². The van der Waals surface area contributed by atoms with Gasteiger partial charge in [-0.05, 0) is 30.5 Å². The molecule has 3 heterocycles. The first-order chi connectivity index (χ1) is 13.2. The minimum Gasteiger partial charge on any atom is -0.368 e. The summed E-state index contributed by atoms with van der Waals surface area (Å²) < 4.78 is 10.7. The van der Waals surface area contributed by atoms with Gasteiger partial charge in [-0.1, -0.05) is 35.5 Å². The lowest BCUT2D eigenvalue weighted by atomic mass is 10.1. The maximum Gasteiger partial charge on any atom is 0.261 e. The molecule has 4 rings (SSSR count). The summed E-state index contributed by atoms with van der Waals surface area (Å²) in [5, 5.41) is 6.47. The lowest BCUT2D eigenvalue weighted by Crippen LogP contribution is -2.29. The molecule has 0 spiro atoms. The molecule has 3 aromatic rings. The zero-order valence-electron chi connectivity index (χ0n) is 14.5. The van der Waals surface area contributed by atoms with Gasteiger partial charge in [-0.25, -0.2) is 0 Å². The van der Waals surface area contributed by atoms with Gasteiger partial charge >= 0.3 is 0 Å². The summed E-state index contributed by atoms with van der Waals surface area (Å²) in [4.78, 5) is 31.5. The summed E-state index contributed by atoms with van der Waals surface area (Å²) >= 11 is 0. The average Bonchev–Trinajstić information content (AvgIpc) is 3.38. The van der Waals surface area contributed by atoms with Crippen LogP contribution in [0.15, 0.2) is 51.8 Å². The lowest BCUT2D eigenvalue weighted by Gasteiger charge is -2.05. The van der Waals surface area contributed by atoms with Gasteiger partial charge in [0.2, 0.25) is 0 Å². The van der Waals surface area contributed by atoms with E-state index in [2.05, 4.69) is 20.4 Å². The number of rotatable bonds is 5. The Bertz CT molecular complexity index is 990. The normalized spacial score (nSPS) is 16.4. The monoisotopic (exact) mass is 366 g/mol. The molecule has 1 saturated heterocycles. The average molecular weight is 366 g/mol. The van der Waals surface area contributed by atoms with Crippen molar-refractivity contribution in [3.8, 4) is 11.3 Å². The van der Waals surface area contributed by atoms with Crippen molar-refractivity contribution < 1.29 is 14.1 Å². The van der Waals surface area contributed by atoms with Crippen LogP contribution < -0.4 is 10.9 Å². The molecule has 0 bridgehead atoms. The van der Waals surface area contributed by atoms with Gasteiger partial charge in [0.25, 0.3) is 17.4 Å². The fraction of sp³-hybridized carbons (Fsp3) is 0.263. The second-order valence-corrected chi connectivity index (χ2v) is 6.21. The molecule has 1 unspecified atom stereocenters. The van der Waals surface area contributed by atoms with Crippen molar-refractivity contribution in [2.75, 3.05) is 6.61 Å².